The molecular weight excluding hydrogens is 255 g/mol. The Kier molecular flexibility index (Phi) is 3.32. The van der Waals surface area contributed by atoms with Crippen molar-refractivity contribution in [3.8, 4) is 0 Å². The Balaban J connectivity index is 2.66. The van der Waals surface area contributed by atoms with E-state index in [1.807, 2.05) is 6.07 Å². The molecule has 3 nitrogen and oxygen atoms in total. The van der Waals surface area contributed by atoms with E-state index in [0.29, 0.717) is 5.92 Å². The van der Waals surface area contributed by atoms with E-state index >= 15 is 0 Å². The second kappa shape index (κ2) is 4.06. The van der Waals surface area contributed by atoms with Gasteiger partial charge in [0, 0.05) is 28.9 Å². The highest BCUT2D eigenvalue weighted by Crippen LogP contribution is 2.13. The fraction of sp³-hybridized carbons (Fsp3) is 0.571. The van der Waals surface area contributed by atoms with Gasteiger partial charge in [-0.05, 0) is 5.92 Å². The van der Waals surface area contributed by atoms with Gasteiger partial charge in [0.1, 0.15) is 0 Å². The Morgan fingerprint density at radius 1 is 1.73 bits per heavy atom. The minimum atomic E-state index is 0.446. The number of aromatic nitrogens is 1. The number of nitrogens with one attached hydrogen (secondary N) is 1. The third kappa shape index (κ3) is 2.44. The topological polar surface area (TPSA) is 38.1 Å². The van der Waals surface area contributed by atoms with E-state index in [-0.39, 0.29) is 0 Å². The number of halogens is 1. The van der Waals surface area contributed by atoms with Gasteiger partial charge in [0.15, 0.2) is 5.76 Å². The van der Waals surface area contributed by atoms with E-state index in [1.165, 1.54) is 0 Å². The van der Waals surface area contributed by atoms with Crippen molar-refractivity contribution >= 4 is 22.9 Å². The van der Waals surface area contributed by atoms with Gasteiger partial charge in [-0.25, -0.2) is 0 Å². The molecule has 0 aromatic carbocycles. The summed E-state index contributed by atoms with van der Waals surface area (Å²) in [5, 5.41) is 3.92. The molecule has 0 bridgehead atoms. The van der Waals surface area contributed by atoms with Crippen molar-refractivity contribution in [1.82, 2.24) is 8.69 Å². The standard InChI is InChI=1S/C7H11IN2O/c1-5(2)7-3-6(4-9-8)11-10-7/h3,5,9H,4H2,1-2H3. The minimum Gasteiger partial charge on any atom is -0.360 e. The van der Waals surface area contributed by atoms with Gasteiger partial charge < -0.3 is 4.52 Å². The van der Waals surface area contributed by atoms with E-state index in [9.17, 15) is 0 Å². The molecule has 1 aromatic heterocycles. The van der Waals surface area contributed by atoms with Crippen LogP contribution in [0.5, 0.6) is 0 Å². The van der Waals surface area contributed by atoms with Crippen LogP contribution in [0.2, 0.25) is 0 Å². The molecule has 1 rings (SSSR count). The molecule has 0 amide bonds. The van der Waals surface area contributed by atoms with Crippen molar-refractivity contribution in [3.05, 3.63) is 17.5 Å². The van der Waals surface area contributed by atoms with Crippen LogP contribution in [0, 0.1) is 0 Å². The number of hydrogen-bond donors (Lipinski definition) is 1. The third-order valence-corrected chi connectivity index (χ3v) is 1.79. The molecular formula is C7H11IN2O. The third-order valence-electron chi connectivity index (χ3n) is 1.41. The van der Waals surface area contributed by atoms with E-state index in [0.717, 1.165) is 18.0 Å². The van der Waals surface area contributed by atoms with E-state index in [4.69, 9.17) is 4.52 Å². The van der Waals surface area contributed by atoms with Crippen LogP contribution in [0.15, 0.2) is 10.6 Å². The second-order valence-corrected chi connectivity index (χ2v) is 3.45. The number of rotatable bonds is 3. The lowest BCUT2D eigenvalue weighted by Crippen LogP contribution is -1.94. The maximum Gasteiger partial charge on any atom is 0.151 e. The van der Waals surface area contributed by atoms with Crippen LogP contribution in [0.3, 0.4) is 0 Å². The zero-order valence-electron chi connectivity index (χ0n) is 6.60. The summed E-state index contributed by atoms with van der Waals surface area (Å²) in [6, 6.07) is 1.98. The Morgan fingerprint density at radius 3 is 2.91 bits per heavy atom. The first-order chi connectivity index (χ1) is 5.24. The molecule has 0 aliphatic carbocycles. The quantitative estimate of drug-likeness (QED) is 0.673. The summed E-state index contributed by atoms with van der Waals surface area (Å²) in [5.74, 6) is 1.34. The Morgan fingerprint density at radius 2 is 2.45 bits per heavy atom. The lowest BCUT2D eigenvalue weighted by Gasteiger charge is -1.93. The molecule has 0 spiro atoms. The first-order valence-electron chi connectivity index (χ1n) is 3.53. The van der Waals surface area contributed by atoms with Crippen LogP contribution < -0.4 is 3.53 Å². The number of hydrogen-bond acceptors (Lipinski definition) is 3. The molecule has 0 aliphatic heterocycles. The molecule has 0 saturated carbocycles. The summed E-state index contributed by atoms with van der Waals surface area (Å²) in [5.41, 5.74) is 1.02. The van der Waals surface area contributed by atoms with Gasteiger partial charge in [0.25, 0.3) is 0 Å². The fourth-order valence-electron chi connectivity index (χ4n) is 0.750. The smallest absolute Gasteiger partial charge is 0.151 e. The predicted octanol–water partition coefficient (Wildman–Crippen LogP) is 2.24. The fourth-order valence-corrected chi connectivity index (χ4v) is 1.13. The number of nitrogens with zero attached hydrogens (tertiary/aromatic N) is 1. The van der Waals surface area contributed by atoms with Gasteiger partial charge in [0.05, 0.1) is 12.2 Å². The summed E-state index contributed by atoms with van der Waals surface area (Å²) in [6.07, 6.45) is 0. The van der Waals surface area contributed by atoms with Crippen molar-refractivity contribution in [1.29, 1.82) is 0 Å². The van der Waals surface area contributed by atoms with Gasteiger partial charge in [-0.15, -0.1) is 0 Å². The van der Waals surface area contributed by atoms with E-state index < -0.39 is 0 Å². The summed E-state index contributed by atoms with van der Waals surface area (Å²) < 4.78 is 8.02. The molecule has 0 aliphatic rings. The monoisotopic (exact) mass is 266 g/mol. The van der Waals surface area contributed by atoms with Gasteiger partial charge in [-0.1, -0.05) is 19.0 Å². The van der Waals surface area contributed by atoms with Gasteiger partial charge >= 0.3 is 0 Å². The molecule has 11 heavy (non-hydrogen) atoms. The molecule has 0 atom stereocenters. The lowest BCUT2D eigenvalue weighted by atomic mass is 10.1. The molecule has 0 saturated heterocycles. The Hall–Kier alpha value is -0.100. The van der Waals surface area contributed by atoms with E-state index in [2.05, 4.69) is 45.4 Å². The van der Waals surface area contributed by atoms with Gasteiger partial charge in [-0.2, -0.15) is 0 Å². The van der Waals surface area contributed by atoms with Crippen LogP contribution >= 0.6 is 22.9 Å². The highest BCUT2D eigenvalue weighted by atomic mass is 127. The van der Waals surface area contributed by atoms with E-state index in [1.54, 1.807) is 0 Å². The highest BCUT2D eigenvalue weighted by Gasteiger charge is 2.05. The van der Waals surface area contributed by atoms with Crippen LogP contribution in [-0.4, -0.2) is 5.16 Å². The Bertz CT molecular complexity index is 222. The molecule has 62 valence electrons. The van der Waals surface area contributed by atoms with Crippen LogP contribution in [-0.2, 0) is 6.54 Å². The largest absolute Gasteiger partial charge is 0.360 e. The van der Waals surface area contributed by atoms with Crippen molar-refractivity contribution in [2.75, 3.05) is 0 Å². The second-order valence-electron chi connectivity index (χ2n) is 2.68. The maximum atomic E-state index is 5.05. The van der Waals surface area contributed by atoms with Crippen molar-refractivity contribution in [2.45, 2.75) is 26.3 Å². The van der Waals surface area contributed by atoms with Crippen LogP contribution in [0.25, 0.3) is 0 Å². The first kappa shape index (κ1) is 8.99. The van der Waals surface area contributed by atoms with Crippen LogP contribution in [0.4, 0.5) is 0 Å². The molecule has 0 fully saturated rings. The predicted molar refractivity (Wildman–Crippen MR) is 51.5 cm³/mol. The summed E-state index contributed by atoms with van der Waals surface area (Å²) >= 11 is 2.08. The van der Waals surface area contributed by atoms with Gasteiger partial charge in [0.2, 0.25) is 0 Å². The highest BCUT2D eigenvalue weighted by molar-refractivity contribution is 14.1. The Labute approximate surface area is 80.0 Å². The summed E-state index contributed by atoms with van der Waals surface area (Å²) in [4.78, 5) is 0. The van der Waals surface area contributed by atoms with Crippen LogP contribution in [0.1, 0.15) is 31.2 Å². The van der Waals surface area contributed by atoms with Crippen molar-refractivity contribution in [2.24, 2.45) is 0 Å². The molecule has 4 heteroatoms. The molecule has 1 aromatic rings. The zero-order chi connectivity index (χ0) is 8.27. The van der Waals surface area contributed by atoms with Crippen molar-refractivity contribution < 1.29 is 4.52 Å². The molecule has 0 unspecified atom stereocenters. The summed E-state index contributed by atoms with van der Waals surface area (Å²) in [7, 11) is 0. The molecule has 1 heterocycles. The first-order valence-corrected chi connectivity index (χ1v) is 4.61. The van der Waals surface area contributed by atoms with Crippen molar-refractivity contribution in [3.63, 3.8) is 0 Å². The average molecular weight is 266 g/mol. The lowest BCUT2D eigenvalue weighted by molar-refractivity contribution is 0.374. The molecule has 1 N–H and O–H groups in total. The minimum absolute atomic E-state index is 0.446. The molecule has 0 radical (unpaired) electrons. The zero-order valence-corrected chi connectivity index (χ0v) is 8.75. The average Bonchev–Trinajstić information content (AvgIpc) is 2.37. The maximum absolute atomic E-state index is 5.05. The van der Waals surface area contributed by atoms with Gasteiger partial charge in [-0.3, -0.25) is 3.53 Å². The SMILES string of the molecule is CC(C)c1cc(CNI)on1. The normalized spacial score (nSPS) is 10.9. The summed E-state index contributed by atoms with van der Waals surface area (Å²) in [6.45, 7) is 4.93.